The monoisotopic (exact) mass is 737 g/mol. The molecule has 0 unspecified atom stereocenters. The van der Waals surface area contributed by atoms with Gasteiger partial charge in [0.05, 0.1) is 11.1 Å². The minimum atomic E-state index is -4.83. The molecule has 2 aromatic rings. The van der Waals surface area contributed by atoms with Crippen LogP contribution < -0.4 is 5.32 Å². The van der Waals surface area contributed by atoms with Gasteiger partial charge in [-0.2, -0.15) is 39.5 Å². The number of carbonyl (C=O) groups excluding carboxylic acids is 3. The Balaban J connectivity index is 0.000000822. The lowest BCUT2D eigenvalue weighted by Gasteiger charge is -2.22. The van der Waals surface area contributed by atoms with Crippen LogP contribution >= 0.6 is 0 Å². The van der Waals surface area contributed by atoms with E-state index in [2.05, 4.69) is 10.3 Å². The number of Topliss-reactive ketones (excluding diaryl/α,β-unsaturated/α-hetero) is 1. The molecule has 0 saturated heterocycles. The number of rotatable bonds is 6. The average Bonchev–Trinajstić information content (AvgIpc) is 3.40. The van der Waals surface area contributed by atoms with Gasteiger partial charge in [-0.05, 0) is 90.3 Å². The van der Waals surface area contributed by atoms with Crippen LogP contribution in [0.5, 0.6) is 0 Å². The first-order valence-electron chi connectivity index (χ1n) is 15.5. The predicted octanol–water partition coefficient (Wildman–Crippen LogP) is 10.3. The lowest BCUT2D eigenvalue weighted by atomic mass is 9.98. The highest BCUT2D eigenvalue weighted by molar-refractivity contribution is 6.03. The van der Waals surface area contributed by atoms with Crippen molar-refractivity contribution in [1.82, 2.24) is 5.32 Å². The topological polar surface area (TPSA) is 84.8 Å². The first-order valence-corrected chi connectivity index (χ1v) is 14.8. The fourth-order valence-corrected chi connectivity index (χ4v) is 4.00. The van der Waals surface area contributed by atoms with Gasteiger partial charge in [-0.3, -0.25) is 14.6 Å². The van der Waals surface area contributed by atoms with E-state index in [0.29, 0.717) is 31.2 Å². The summed E-state index contributed by atoms with van der Waals surface area (Å²) in [5.41, 5.74) is -3.09. The van der Waals surface area contributed by atoms with Crippen molar-refractivity contribution >= 4 is 23.9 Å². The zero-order valence-corrected chi connectivity index (χ0v) is 28.0. The molecular formula is C33H39F11N2O4. The summed E-state index contributed by atoms with van der Waals surface area (Å²) in [6.07, 6.45) is -14.6. The number of hydrogen-bond donors (Lipinski definition) is 1. The van der Waals surface area contributed by atoms with Crippen molar-refractivity contribution in [2.24, 2.45) is 4.99 Å². The molecule has 0 bridgehead atoms. The Morgan fingerprint density at radius 3 is 1.86 bits per heavy atom. The number of alkyl carbamates (subject to hydrolysis) is 1. The predicted molar refractivity (Wildman–Crippen MR) is 164 cm³/mol. The SMILES string of the molecule is C[C@@H]1CCC(c2ccc(F)cc2C(F)(F)F)=N1.C[C@H](CCC(=O)c1ccc(F)cc1C(F)(F)F)NC(=O)OC(C)(C)C.O=CC(F)(F)F.[2H]CC. The van der Waals surface area contributed by atoms with Crippen LogP contribution in [-0.2, 0) is 21.9 Å². The number of hydrogen-bond acceptors (Lipinski definition) is 5. The van der Waals surface area contributed by atoms with Crippen molar-refractivity contribution in [3.63, 3.8) is 0 Å². The Hall–Kier alpha value is -4.05. The maximum absolute atomic E-state index is 13.1. The van der Waals surface area contributed by atoms with E-state index in [0.717, 1.165) is 30.7 Å². The minimum Gasteiger partial charge on any atom is -0.444 e. The van der Waals surface area contributed by atoms with E-state index in [1.165, 1.54) is 0 Å². The molecular weight excluding hydrogens is 697 g/mol. The zero-order valence-electron chi connectivity index (χ0n) is 29.0. The van der Waals surface area contributed by atoms with Gasteiger partial charge < -0.3 is 10.1 Å². The highest BCUT2D eigenvalue weighted by atomic mass is 19.4. The van der Waals surface area contributed by atoms with Gasteiger partial charge in [-0.25, -0.2) is 13.6 Å². The van der Waals surface area contributed by atoms with E-state index in [1.54, 1.807) is 34.6 Å². The summed E-state index contributed by atoms with van der Waals surface area (Å²) >= 11 is 0. The summed E-state index contributed by atoms with van der Waals surface area (Å²) in [6, 6.07) is 4.23. The Labute approximate surface area is 283 Å². The largest absolute Gasteiger partial charge is 0.446 e. The number of ketones is 1. The lowest BCUT2D eigenvalue weighted by Crippen LogP contribution is -2.37. The quantitative estimate of drug-likeness (QED) is 0.182. The Kier molecular flexibility index (Phi) is 17.0. The fraction of sp³-hybridized carbons (Fsp3) is 0.515. The molecule has 1 aliphatic rings. The average molecular weight is 738 g/mol. The molecule has 1 aliphatic heterocycles. The second-order valence-corrected chi connectivity index (χ2v) is 11.5. The molecule has 1 amide bonds. The van der Waals surface area contributed by atoms with Gasteiger partial charge in [0.2, 0.25) is 6.29 Å². The number of alkyl halides is 9. The fourth-order valence-electron chi connectivity index (χ4n) is 4.00. The Morgan fingerprint density at radius 2 is 1.44 bits per heavy atom. The molecule has 282 valence electrons. The van der Waals surface area contributed by atoms with E-state index in [1.807, 2.05) is 6.92 Å². The van der Waals surface area contributed by atoms with Gasteiger partial charge in [0, 0.05) is 36.7 Å². The highest BCUT2D eigenvalue weighted by Crippen LogP contribution is 2.35. The van der Waals surface area contributed by atoms with Gasteiger partial charge in [0.15, 0.2) is 5.78 Å². The van der Waals surface area contributed by atoms with Crippen molar-refractivity contribution in [2.45, 2.75) is 110 Å². The number of carbonyl (C=O) groups is 3. The number of benzene rings is 2. The van der Waals surface area contributed by atoms with Gasteiger partial charge in [-0.1, -0.05) is 13.8 Å². The molecule has 1 N–H and O–H groups in total. The second kappa shape index (κ2) is 19.4. The van der Waals surface area contributed by atoms with Gasteiger partial charge in [0.25, 0.3) is 0 Å². The number of ether oxygens (including phenoxy) is 1. The molecule has 0 saturated carbocycles. The van der Waals surface area contributed by atoms with Crippen LogP contribution in [-0.4, -0.2) is 47.7 Å². The molecule has 2 atom stereocenters. The van der Waals surface area contributed by atoms with Crippen molar-refractivity contribution in [3.05, 3.63) is 70.3 Å². The molecule has 2 aromatic carbocycles. The third-order valence-corrected chi connectivity index (χ3v) is 6.06. The third kappa shape index (κ3) is 17.6. The summed E-state index contributed by atoms with van der Waals surface area (Å²) in [5.74, 6) is -2.72. The maximum Gasteiger partial charge on any atom is 0.446 e. The molecule has 1 heterocycles. The highest BCUT2D eigenvalue weighted by Gasteiger charge is 2.36. The molecule has 17 heteroatoms. The smallest absolute Gasteiger partial charge is 0.444 e. The van der Waals surface area contributed by atoms with Gasteiger partial charge >= 0.3 is 24.6 Å². The van der Waals surface area contributed by atoms with E-state index in [-0.39, 0.29) is 24.4 Å². The summed E-state index contributed by atoms with van der Waals surface area (Å²) in [5, 5.41) is 2.50. The molecule has 50 heavy (non-hydrogen) atoms. The zero-order chi connectivity index (χ0) is 40.0. The Bertz CT molecular complexity index is 1470. The van der Waals surface area contributed by atoms with E-state index in [4.69, 9.17) is 10.9 Å². The normalized spacial score (nSPS) is 15.3. The number of nitrogens with zero attached hydrogens (tertiary/aromatic N) is 1. The van der Waals surface area contributed by atoms with Crippen LogP contribution in [0.15, 0.2) is 41.4 Å². The van der Waals surface area contributed by atoms with Crippen LogP contribution in [0.3, 0.4) is 0 Å². The third-order valence-electron chi connectivity index (χ3n) is 6.06. The number of aliphatic imine (C=N–C) groups is 1. The number of amides is 1. The van der Waals surface area contributed by atoms with Crippen LogP contribution in [0.2, 0.25) is 0 Å². The molecule has 0 spiro atoms. The van der Waals surface area contributed by atoms with Crippen LogP contribution in [0, 0.1) is 11.6 Å². The number of halogens is 11. The molecule has 3 rings (SSSR count). The first-order chi connectivity index (χ1) is 23.1. The Morgan fingerprint density at radius 1 is 0.960 bits per heavy atom. The van der Waals surface area contributed by atoms with Gasteiger partial charge in [-0.15, -0.1) is 0 Å². The summed E-state index contributed by atoms with van der Waals surface area (Å²) in [4.78, 5) is 36.5. The van der Waals surface area contributed by atoms with Crippen molar-refractivity contribution in [1.29, 1.82) is 0 Å². The van der Waals surface area contributed by atoms with E-state index < -0.39 is 76.7 Å². The van der Waals surface area contributed by atoms with Crippen molar-refractivity contribution < 1.29 is 68.8 Å². The number of aldehydes is 1. The summed E-state index contributed by atoms with van der Waals surface area (Å²) in [6.45, 7) is 10.8. The van der Waals surface area contributed by atoms with Crippen molar-refractivity contribution in [2.75, 3.05) is 0 Å². The lowest BCUT2D eigenvalue weighted by molar-refractivity contribution is -0.156. The standard InChI is InChI=1S/C17H21F4NO3.C12H11F4N.C2HF3O.C2H6/c1-10(22-15(24)25-16(2,3)4)5-8-14(23)12-7-6-11(18)9-13(12)17(19,20)21;1-7-2-5-11(17-7)9-4-3-8(13)6-10(9)12(14,15)16;3-2(4,5)1-6;1-2/h6-7,9-10H,5,8H2,1-4H3,(H,22,24);3-4,6-7H,2,5H2,1H3;1H;1-2H3/t10-;7-;;/m11../s1/i;;;1D. The molecule has 0 fully saturated rings. The number of nitrogens with one attached hydrogen (secondary N) is 1. The molecule has 0 aromatic heterocycles. The van der Waals surface area contributed by atoms with Crippen LogP contribution in [0.25, 0.3) is 0 Å². The molecule has 6 nitrogen and oxygen atoms in total. The van der Waals surface area contributed by atoms with Crippen molar-refractivity contribution in [3.8, 4) is 0 Å². The van der Waals surface area contributed by atoms with Crippen LogP contribution in [0.4, 0.5) is 53.1 Å². The summed E-state index contributed by atoms with van der Waals surface area (Å²) in [7, 11) is 0. The molecule has 0 aliphatic carbocycles. The molecule has 0 radical (unpaired) electrons. The van der Waals surface area contributed by atoms with E-state index in [9.17, 15) is 57.9 Å². The van der Waals surface area contributed by atoms with Gasteiger partial charge in [0.1, 0.15) is 17.2 Å². The van der Waals surface area contributed by atoms with E-state index >= 15 is 0 Å². The first kappa shape index (κ1) is 44.0. The van der Waals surface area contributed by atoms with Crippen LogP contribution in [0.1, 0.15) is 103 Å². The second-order valence-electron chi connectivity index (χ2n) is 11.5. The summed E-state index contributed by atoms with van der Waals surface area (Å²) < 4.78 is 146. The maximum atomic E-state index is 13.1. The minimum absolute atomic E-state index is 0.00301.